The first-order chi connectivity index (χ1) is 14.7. The second-order valence-corrected chi connectivity index (χ2v) is 11.0. The lowest BCUT2D eigenvalue weighted by Crippen LogP contribution is -2.48. The number of rotatable bonds is 6. The molecule has 4 nitrogen and oxygen atoms in total. The summed E-state index contributed by atoms with van der Waals surface area (Å²) >= 11 is 6.15. The maximum atomic E-state index is 13.5. The van der Waals surface area contributed by atoms with Crippen molar-refractivity contribution in [2.75, 3.05) is 26.2 Å². The molecule has 0 bridgehead atoms. The lowest BCUT2D eigenvalue weighted by molar-refractivity contribution is -0.0315. The van der Waals surface area contributed by atoms with E-state index in [4.69, 9.17) is 16.3 Å². The number of nitrogens with zero attached hydrogens (tertiary/aromatic N) is 3. The van der Waals surface area contributed by atoms with Crippen LogP contribution in [0.2, 0.25) is 5.02 Å². The summed E-state index contributed by atoms with van der Waals surface area (Å²) in [5.74, 6) is 0.759. The zero-order valence-electron chi connectivity index (χ0n) is 18.8. The molecule has 168 valence electrons. The highest BCUT2D eigenvalue weighted by atomic mass is 35.5. The fraction of sp³-hybridized carbons (Fsp3) is 0.600. The number of piperidine rings is 1. The summed E-state index contributed by atoms with van der Waals surface area (Å²) in [6.07, 6.45) is 6.41. The molecule has 0 N–H and O–H groups in total. The molecule has 4 rings (SSSR count). The van der Waals surface area contributed by atoms with E-state index in [9.17, 15) is 4.39 Å². The van der Waals surface area contributed by atoms with Crippen molar-refractivity contribution < 1.29 is 9.13 Å². The average molecular weight is 446 g/mol. The van der Waals surface area contributed by atoms with E-state index in [0.29, 0.717) is 45.5 Å². The number of aromatic nitrogens is 2. The lowest BCUT2D eigenvalue weighted by atomic mass is 9.58. The molecule has 0 atom stereocenters. The van der Waals surface area contributed by atoms with Gasteiger partial charge in [0.2, 0.25) is 5.88 Å². The number of hydrogen-bond acceptors (Lipinski definition) is 4. The van der Waals surface area contributed by atoms with E-state index < -0.39 is 0 Å². The Morgan fingerprint density at radius 2 is 1.87 bits per heavy atom. The van der Waals surface area contributed by atoms with E-state index in [1.807, 2.05) is 0 Å². The van der Waals surface area contributed by atoms with E-state index in [0.717, 1.165) is 0 Å². The molecule has 2 aromatic rings. The van der Waals surface area contributed by atoms with Crippen LogP contribution < -0.4 is 4.74 Å². The third-order valence-corrected chi connectivity index (χ3v) is 7.18. The van der Waals surface area contributed by atoms with E-state index in [-0.39, 0.29) is 5.82 Å². The van der Waals surface area contributed by atoms with E-state index in [1.165, 1.54) is 69.9 Å². The normalized spacial score (nSPS) is 19.4. The summed E-state index contributed by atoms with van der Waals surface area (Å²) in [5, 5.41) is 8.77. The maximum Gasteiger partial charge on any atom is 0.233 e. The molecule has 1 aromatic heterocycles. The summed E-state index contributed by atoms with van der Waals surface area (Å²) in [4.78, 5) is 2.64. The molecule has 1 saturated heterocycles. The van der Waals surface area contributed by atoms with Gasteiger partial charge in [-0.3, -0.25) is 0 Å². The second kappa shape index (κ2) is 9.03. The molecule has 2 aliphatic rings. The predicted octanol–water partition coefficient (Wildman–Crippen LogP) is 6.24. The molecule has 1 saturated carbocycles. The van der Waals surface area contributed by atoms with Crippen LogP contribution in [0, 0.1) is 22.6 Å². The Hall–Kier alpha value is -1.72. The van der Waals surface area contributed by atoms with Crippen molar-refractivity contribution >= 4 is 11.6 Å². The Morgan fingerprint density at radius 1 is 1.13 bits per heavy atom. The second-order valence-electron chi connectivity index (χ2n) is 10.6. The molecule has 0 amide bonds. The predicted molar refractivity (Wildman–Crippen MR) is 123 cm³/mol. The van der Waals surface area contributed by atoms with Gasteiger partial charge < -0.3 is 9.64 Å². The van der Waals surface area contributed by atoms with E-state index in [1.54, 1.807) is 12.1 Å². The van der Waals surface area contributed by atoms with Gasteiger partial charge in [-0.05, 0) is 92.8 Å². The molecule has 2 heterocycles. The average Bonchev–Trinajstić information content (AvgIpc) is 2.71. The minimum atomic E-state index is -0.347. The van der Waals surface area contributed by atoms with Crippen LogP contribution in [0.15, 0.2) is 30.3 Å². The zero-order chi connectivity index (χ0) is 22.1. The first-order valence-electron chi connectivity index (χ1n) is 11.4. The van der Waals surface area contributed by atoms with Crippen LogP contribution in [0.1, 0.15) is 52.9 Å². The topological polar surface area (TPSA) is 38.2 Å². The standard InChI is InChI=1S/C25H33ClFN3O/c1-24(2,3)8-11-30-12-9-25(10-13-30)15-18(16-25)17-31-23-7-6-22(28-29-23)20-14-19(27)4-5-21(20)26/h4-7,14,18H,8-13,15-17H2,1-3H3. The third kappa shape index (κ3) is 5.75. The highest BCUT2D eigenvalue weighted by molar-refractivity contribution is 6.33. The summed E-state index contributed by atoms with van der Waals surface area (Å²) in [6.45, 7) is 11.3. The van der Waals surface area contributed by atoms with Gasteiger partial charge in [-0.15, -0.1) is 10.2 Å². The number of likely N-dealkylation sites (tertiary alicyclic amines) is 1. The van der Waals surface area contributed by atoms with Crippen LogP contribution in [0.5, 0.6) is 5.88 Å². The van der Waals surface area contributed by atoms with Crippen molar-refractivity contribution in [2.45, 2.75) is 52.9 Å². The van der Waals surface area contributed by atoms with Crippen molar-refractivity contribution in [2.24, 2.45) is 16.7 Å². The lowest BCUT2D eigenvalue weighted by Gasteiger charge is -2.52. The Balaban J connectivity index is 1.21. The largest absolute Gasteiger partial charge is 0.476 e. The molecule has 1 aromatic carbocycles. The van der Waals surface area contributed by atoms with E-state index in [2.05, 4.69) is 35.9 Å². The molecule has 1 aliphatic heterocycles. The van der Waals surface area contributed by atoms with Crippen LogP contribution in [0.4, 0.5) is 4.39 Å². The number of hydrogen-bond donors (Lipinski definition) is 0. The molecule has 2 fully saturated rings. The summed E-state index contributed by atoms with van der Waals surface area (Å²) in [5.41, 5.74) is 2.03. The van der Waals surface area contributed by atoms with Crippen molar-refractivity contribution in [3.8, 4) is 17.1 Å². The maximum absolute atomic E-state index is 13.5. The Bertz CT molecular complexity index is 881. The number of halogens is 2. The van der Waals surface area contributed by atoms with Gasteiger partial charge in [0.05, 0.1) is 17.3 Å². The fourth-order valence-corrected chi connectivity index (χ4v) is 5.09. The molecule has 1 aliphatic carbocycles. The van der Waals surface area contributed by atoms with Crippen molar-refractivity contribution in [1.29, 1.82) is 0 Å². The highest BCUT2D eigenvalue weighted by Crippen LogP contribution is 2.52. The fourth-order valence-electron chi connectivity index (χ4n) is 4.87. The summed E-state index contributed by atoms with van der Waals surface area (Å²) < 4.78 is 19.4. The molecule has 1 spiro atoms. The quantitative estimate of drug-likeness (QED) is 0.527. The number of ether oxygens (including phenoxy) is 1. The van der Waals surface area contributed by atoms with Gasteiger partial charge >= 0.3 is 0 Å². The minimum absolute atomic E-state index is 0.347. The molecule has 6 heteroatoms. The van der Waals surface area contributed by atoms with Gasteiger partial charge in [-0.25, -0.2) is 4.39 Å². The van der Waals surface area contributed by atoms with Crippen molar-refractivity contribution in [3.05, 3.63) is 41.2 Å². The molecule has 0 radical (unpaired) electrons. The monoisotopic (exact) mass is 445 g/mol. The Morgan fingerprint density at radius 3 is 2.52 bits per heavy atom. The van der Waals surface area contributed by atoms with Crippen LogP contribution in [-0.4, -0.2) is 41.3 Å². The summed E-state index contributed by atoms with van der Waals surface area (Å²) in [7, 11) is 0. The SMILES string of the molecule is CC(C)(C)CCN1CCC2(CC1)CC(COc1ccc(-c3cc(F)ccc3Cl)nn1)C2. The van der Waals surface area contributed by atoms with Crippen LogP contribution >= 0.6 is 11.6 Å². The molecule has 31 heavy (non-hydrogen) atoms. The third-order valence-electron chi connectivity index (χ3n) is 6.85. The van der Waals surface area contributed by atoms with Gasteiger partial charge in [0.15, 0.2) is 0 Å². The van der Waals surface area contributed by atoms with Crippen molar-refractivity contribution in [3.63, 3.8) is 0 Å². The molecule has 0 unspecified atom stereocenters. The smallest absolute Gasteiger partial charge is 0.233 e. The summed E-state index contributed by atoms with van der Waals surface area (Å²) in [6, 6.07) is 7.79. The molecular weight excluding hydrogens is 413 g/mol. The Kier molecular flexibility index (Phi) is 6.55. The highest BCUT2D eigenvalue weighted by Gasteiger charge is 2.45. The van der Waals surface area contributed by atoms with Gasteiger partial charge in [-0.2, -0.15) is 0 Å². The Labute approximate surface area is 190 Å². The first kappa shape index (κ1) is 22.5. The number of benzene rings is 1. The van der Waals surface area contributed by atoms with Crippen molar-refractivity contribution in [1.82, 2.24) is 15.1 Å². The van der Waals surface area contributed by atoms with Gasteiger partial charge in [-0.1, -0.05) is 32.4 Å². The molecular formula is C25H33ClFN3O. The zero-order valence-corrected chi connectivity index (χ0v) is 19.6. The van der Waals surface area contributed by atoms with Gasteiger partial charge in [0.1, 0.15) is 5.82 Å². The minimum Gasteiger partial charge on any atom is -0.476 e. The van der Waals surface area contributed by atoms with Gasteiger partial charge in [0, 0.05) is 11.6 Å². The van der Waals surface area contributed by atoms with Gasteiger partial charge in [0.25, 0.3) is 0 Å². The van der Waals surface area contributed by atoms with Crippen LogP contribution in [0.3, 0.4) is 0 Å². The first-order valence-corrected chi connectivity index (χ1v) is 11.7. The van der Waals surface area contributed by atoms with E-state index >= 15 is 0 Å². The van der Waals surface area contributed by atoms with Crippen LogP contribution in [0.25, 0.3) is 11.3 Å². The van der Waals surface area contributed by atoms with Crippen LogP contribution in [-0.2, 0) is 0 Å².